The van der Waals surface area contributed by atoms with E-state index in [0.29, 0.717) is 11.8 Å². The van der Waals surface area contributed by atoms with Crippen LogP contribution in [0.3, 0.4) is 0 Å². The molecule has 1 aromatic carbocycles. The van der Waals surface area contributed by atoms with E-state index in [0.717, 1.165) is 51.9 Å². The molecule has 2 aliphatic rings. The average Bonchev–Trinajstić information content (AvgIpc) is 2.67. The maximum Gasteiger partial charge on any atom is 0.223 e. The first-order valence-electron chi connectivity index (χ1n) is 9.98. The zero-order valence-electron chi connectivity index (χ0n) is 15.3. The van der Waals surface area contributed by atoms with E-state index in [-0.39, 0.29) is 11.8 Å². The topological polar surface area (TPSA) is 58.4 Å². The molecule has 1 aliphatic heterocycles. The standard InChI is InChI=1S/C21H33N3O/c22-13-17-8-10-20(11-9-17)21(25)23-14-19-7-4-12-24(16-19)15-18-5-2-1-3-6-18/h1-3,5-6,17,19-20H,4,7-16,22H2,(H,23,25). The predicted octanol–water partition coefficient (Wildman–Crippen LogP) is 2.78. The Labute approximate surface area is 152 Å². The van der Waals surface area contributed by atoms with E-state index in [1.54, 1.807) is 0 Å². The minimum Gasteiger partial charge on any atom is -0.356 e. The molecule has 3 N–H and O–H groups in total. The highest BCUT2D eigenvalue weighted by Gasteiger charge is 2.26. The van der Waals surface area contributed by atoms with Crippen molar-refractivity contribution in [1.82, 2.24) is 10.2 Å². The van der Waals surface area contributed by atoms with E-state index in [4.69, 9.17) is 5.73 Å². The van der Waals surface area contributed by atoms with Crippen molar-refractivity contribution in [3.8, 4) is 0 Å². The molecule has 4 nitrogen and oxygen atoms in total. The Hall–Kier alpha value is -1.39. The SMILES string of the molecule is NCC1CCC(C(=O)NCC2CCCN(Cc3ccccc3)C2)CC1. The number of carbonyl (C=O) groups is 1. The second kappa shape index (κ2) is 9.35. The van der Waals surface area contributed by atoms with E-state index in [9.17, 15) is 4.79 Å². The van der Waals surface area contributed by atoms with Crippen molar-refractivity contribution in [3.63, 3.8) is 0 Å². The van der Waals surface area contributed by atoms with Crippen LogP contribution in [0.25, 0.3) is 0 Å². The van der Waals surface area contributed by atoms with Gasteiger partial charge in [0.2, 0.25) is 5.91 Å². The smallest absolute Gasteiger partial charge is 0.223 e. The van der Waals surface area contributed by atoms with Crippen molar-refractivity contribution in [1.29, 1.82) is 0 Å². The van der Waals surface area contributed by atoms with Crippen molar-refractivity contribution in [3.05, 3.63) is 35.9 Å². The van der Waals surface area contributed by atoms with Gasteiger partial charge in [0.25, 0.3) is 0 Å². The molecule has 1 atom stereocenters. The molecule has 25 heavy (non-hydrogen) atoms. The molecular weight excluding hydrogens is 310 g/mol. The number of nitrogens with two attached hydrogens (primary N) is 1. The van der Waals surface area contributed by atoms with Crippen molar-refractivity contribution in [2.45, 2.75) is 45.1 Å². The van der Waals surface area contributed by atoms with Gasteiger partial charge in [-0.1, -0.05) is 30.3 Å². The Bertz CT molecular complexity index is 525. The Balaban J connectivity index is 1.40. The van der Waals surface area contributed by atoms with Gasteiger partial charge in [0.1, 0.15) is 0 Å². The monoisotopic (exact) mass is 343 g/mol. The van der Waals surface area contributed by atoms with Crippen molar-refractivity contribution in [2.75, 3.05) is 26.2 Å². The Kier molecular flexibility index (Phi) is 6.88. The number of benzene rings is 1. The van der Waals surface area contributed by atoms with E-state index < -0.39 is 0 Å². The highest BCUT2D eigenvalue weighted by Crippen LogP contribution is 2.28. The summed E-state index contributed by atoms with van der Waals surface area (Å²) in [5, 5.41) is 3.24. The molecule has 138 valence electrons. The van der Waals surface area contributed by atoms with Gasteiger partial charge in [-0.15, -0.1) is 0 Å². The number of carbonyl (C=O) groups excluding carboxylic acids is 1. The normalized spacial score (nSPS) is 27.8. The summed E-state index contributed by atoms with van der Waals surface area (Å²) in [6.07, 6.45) is 6.71. The highest BCUT2D eigenvalue weighted by atomic mass is 16.1. The van der Waals surface area contributed by atoms with Gasteiger partial charge in [0.15, 0.2) is 0 Å². The highest BCUT2D eigenvalue weighted by molar-refractivity contribution is 5.78. The molecule has 0 radical (unpaired) electrons. The number of hydrogen-bond acceptors (Lipinski definition) is 3. The summed E-state index contributed by atoms with van der Waals surface area (Å²) in [7, 11) is 0. The van der Waals surface area contributed by atoms with Gasteiger partial charge >= 0.3 is 0 Å². The second-order valence-electron chi connectivity index (χ2n) is 7.93. The van der Waals surface area contributed by atoms with Crippen LogP contribution in [0.1, 0.15) is 44.1 Å². The minimum atomic E-state index is 0.215. The van der Waals surface area contributed by atoms with Crippen LogP contribution in [0, 0.1) is 17.8 Å². The summed E-state index contributed by atoms with van der Waals surface area (Å²) in [6, 6.07) is 10.7. The molecule has 0 bridgehead atoms. The van der Waals surface area contributed by atoms with E-state index in [2.05, 4.69) is 40.5 Å². The molecule has 4 heteroatoms. The third kappa shape index (κ3) is 5.55. The van der Waals surface area contributed by atoms with Crippen LogP contribution in [-0.2, 0) is 11.3 Å². The van der Waals surface area contributed by atoms with Crippen molar-refractivity contribution < 1.29 is 4.79 Å². The molecule has 1 aliphatic carbocycles. The van der Waals surface area contributed by atoms with Gasteiger partial charge in [0.05, 0.1) is 0 Å². The molecule has 1 amide bonds. The Morgan fingerprint density at radius 1 is 1.08 bits per heavy atom. The first-order valence-corrected chi connectivity index (χ1v) is 9.98. The lowest BCUT2D eigenvalue weighted by Gasteiger charge is -2.33. The lowest BCUT2D eigenvalue weighted by molar-refractivity contribution is -0.126. The fourth-order valence-corrected chi connectivity index (χ4v) is 4.35. The third-order valence-corrected chi connectivity index (χ3v) is 5.97. The zero-order chi connectivity index (χ0) is 17.5. The van der Waals surface area contributed by atoms with Crippen LogP contribution in [0.15, 0.2) is 30.3 Å². The lowest BCUT2D eigenvalue weighted by Crippen LogP contribution is -2.42. The predicted molar refractivity (Wildman–Crippen MR) is 102 cm³/mol. The maximum atomic E-state index is 12.5. The number of nitrogens with zero attached hydrogens (tertiary/aromatic N) is 1. The molecular formula is C21H33N3O. The second-order valence-corrected chi connectivity index (χ2v) is 7.93. The minimum absolute atomic E-state index is 0.215. The third-order valence-electron chi connectivity index (χ3n) is 5.97. The number of piperidine rings is 1. The number of likely N-dealkylation sites (tertiary alicyclic amines) is 1. The Morgan fingerprint density at radius 3 is 2.56 bits per heavy atom. The van der Waals surface area contributed by atoms with Crippen molar-refractivity contribution in [2.24, 2.45) is 23.5 Å². The molecule has 1 heterocycles. The summed E-state index contributed by atoms with van der Waals surface area (Å²) in [4.78, 5) is 15.0. The molecule has 1 saturated carbocycles. The van der Waals surface area contributed by atoms with Gasteiger partial charge in [-0.2, -0.15) is 0 Å². The van der Waals surface area contributed by atoms with Crippen LogP contribution >= 0.6 is 0 Å². The summed E-state index contributed by atoms with van der Waals surface area (Å²) in [5.74, 6) is 1.71. The molecule has 1 unspecified atom stereocenters. The van der Waals surface area contributed by atoms with Crippen LogP contribution in [0.5, 0.6) is 0 Å². The largest absolute Gasteiger partial charge is 0.356 e. The fourth-order valence-electron chi connectivity index (χ4n) is 4.35. The van der Waals surface area contributed by atoms with Crippen LogP contribution in [0.4, 0.5) is 0 Å². The van der Waals surface area contributed by atoms with Crippen LogP contribution in [-0.4, -0.2) is 37.0 Å². The number of amides is 1. The Morgan fingerprint density at radius 2 is 1.84 bits per heavy atom. The molecule has 1 aromatic rings. The quantitative estimate of drug-likeness (QED) is 0.835. The van der Waals surface area contributed by atoms with Crippen LogP contribution < -0.4 is 11.1 Å². The van der Waals surface area contributed by atoms with E-state index >= 15 is 0 Å². The summed E-state index contributed by atoms with van der Waals surface area (Å²) >= 11 is 0. The summed E-state index contributed by atoms with van der Waals surface area (Å²) < 4.78 is 0. The summed E-state index contributed by atoms with van der Waals surface area (Å²) in [6.45, 7) is 4.89. The van der Waals surface area contributed by atoms with Crippen molar-refractivity contribution >= 4 is 5.91 Å². The fraction of sp³-hybridized carbons (Fsp3) is 0.667. The molecule has 0 spiro atoms. The number of hydrogen-bond donors (Lipinski definition) is 2. The zero-order valence-corrected chi connectivity index (χ0v) is 15.3. The summed E-state index contributed by atoms with van der Waals surface area (Å²) in [5.41, 5.74) is 7.12. The van der Waals surface area contributed by atoms with Gasteiger partial charge in [-0.05, 0) is 69.0 Å². The number of nitrogens with one attached hydrogen (secondary N) is 1. The first kappa shape index (κ1) is 18.4. The molecule has 0 aromatic heterocycles. The van der Waals surface area contributed by atoms with Gasteiger partial charge in [-0.25, -0.2) is 0 Å². The van der Waals surface area contributed by atoms with Gasteiger partial charge in [0, 0.05) is 25.6 Å². The first-order chi connectivity index (χ1) is 12.2. The molecule has 1 saturated heterocycles. The average molecular weight is 344 g/mol. The van der Waals surface area contributed by atoms with E-state index in [1.807, 2.05) is 0 Å². The lowest BCUT2D eigenvalue weighted by atomic mass is 9.81. The number of rotatable bonds is 6. The van der Waals surface area contributed by atoms with Gasteiger partial charge < -0.3 is 11.1 Å². The van der Waals surface area contributed by atoms with E-state index in [1.165, 1.54) is 24.9 Å². The van der Waals surface area contributed by atoms with Gasteiger partial charge in [-0.3, -0.25) is 9.69 Å². The van der Waals surface area contributed by atoms with Crippen LogP contribution in [0.2, 0.25) is 0 Å². The molecule has 2 fully saturated rings. The molecule has 3 rings (SSSR count). The maximum absolute atomic E-state index is 12.5.